The van der Waals surface area contributed by atoms with E-state index >= 15 is 0 Å². The number of nitrogens with two attached hydrogens (primary N) is 1. The van der Waals surface area contributed by atoms with Gasteiger partial charge in [-0.2, -0.15) is 0 Å². The fraction of sp³-hybridized carbons (Fsp3) is 0.167. The van der Waals surface area contributed by atoms with Crippen molar-refractivity contribution in [3.63, 3.8) is 0 Å². The molecule has 0 saturated heterocycles. The quantitative estimate of drug-likeness (QED) is 0.627. The van der Waals surface area contributed by atoms with E-state index in [4.69, 9.17) is 15.9 Å². The monoisotopic (exact) mass is 247 g/mol. The Balaban J connectivity index is 1.97. The summed E-state index contributed by atoms with van der Waals surface area (Å²) in [6.45, 7) is 0.562. The average molecular weight is 247 g/mol. The number of amidine groups is 1. The zero-order chi connectivity index (χ0) is 12.1. The molecule has 0 unspecified atom stereocenters. The zero-order valence-corrected chi connectivity index (χ0v) is 10.0. The number of hydrogen-bond acceptors (Lipinski definition) is 4. The van der Waals surface area contributed by atoms with Crippen LogP contribution in [-0.2, 0) is 6.42 Å². The van der Waals surface area contributed by atoms with Crippen LogP contribution in [0.2, 0.25) is 0 Å². The molecule has 2 aromatic rings. The van der Waals surface area contributed by atoms with Gasteiger partial charge in [-0.15, -0.1) is 11.3 Å². The van der Waals surface area contributed by atoms with Crippen LogP contribution in [0, 0.1) is 5.41 Å². The molecule has 0 aliphatic heterocycles. The molecule has 3 N–H and O–H groups in total. The van der Waals surface area contributed by atoms with Gasteiger partial charge in [0.25, 0.3) is 0 Å². The van der Waals surface area contributed by atoms with E-state index in [-0.39, 0.29) is 5.84 Å². The first-order valence-corrected chi connectivity index (χ1v) is 6.09. The van der Waals surface area contributed by atoms with Gasteiger partial charge in [-0.1, -0.05) is 6.07 Å². The average Bonchev–Trinajstić information content (AvgIpc) is 2.82. The van der Waals surface area contributed by atoms with E-state index in [1.807, 2.05) is 11.4 Å². The van der Waals surface area contributed by atoms with Gasteiger partial charge >= 0.3 is 0 Å². The van der Waals surface area contributed by atoms with Gasteiger partial charge in [-0.3, -0.25) is 10.4 Å². The predicted octanol–water partition coefficient (Wildman–Crippen LogP) is 2.05. The van der Waals surface area contributed by atoms with Crippen LogP contribution in [-0.4, -0.2) is 17.4 Å². The van der Waals surface area contributed by atoms with Gasteiger partial charge in [0.1, 0.15) is 11.6 Å². The molecule has 0 atom stereocenters. The summed E-state index contributed by atoms with van der Waals surface area (Å²) < 4.78 is 5.60. The Morgan fingerprint density at radius 2 is 2.35 bits per heavy atom. The lowest BCUT2D eigenvalue weighted by molar-refractivity contribution is 0.321. The molecule has 2 heterocycles. The highest BCUT2D eigenvalue weighted by Gasteiger charge is 2.06. The molecular formula is C12H13N3OS. The van der Waals surface area contributed by atoms with Crippen LogP contribution in [0.5, 0.6) is 5.75 Å². The van der Waals surface area contributed by atoms with Crippen molar-refractivity contribution in [3.8, 4) is 5.75 Å². The molecule has 5 heteroatoms. The first-order valence-electron chi connectivity index (χ1n) is 5.21. The molecule has 0 aliphatic carbocycles. The second-order valence-electron chi connectivity index (χ2n) is 3.46. The fourth-order valence-electron chi connectivity index (χ4n) is 1.43. The minimum absolute atomic E-state index is 0.00137. The number of nitrogen functional groups attached to an aromatic ring is 1. The number of nitrogens with one attached hydrogen (secondary N) is 1. The van der Waals surface area contributed by atoms with Crippen molar-refractivity contribution in [1.82, 2.24) is 4.98 Å². The van der Waals surface area contributed by atoms with Crippen LogP contribution in [0.3, 0.4) is 0 Å². The molecule has 0 aliphatic rings. The third-order valence-electron chi connectivity index (χ3n) is 2.26. The molecular weight excluding hydrogens is 234 g/mol. The van der Waals surface area contributed by atoms with Crippen molar-refractivity contribution in [2.75, 3.05) is 6.61 Å². The molecule has 0 bridgehead atoms. The van der Waals surface area contributed by atoms with Gasteiger partial charge in [0.15, 0.2) is 0 Å². The van der Waals surface area contributed by atoms with Gasteiger partial charge in [-0.25, -0.2) is 0 Å². The molecule has 0 radical (unpaired) electrons. The van der Waals surface area contributed by atoms with Crippen LogP contribution >= 0.6 is 11.3 Å². The van der Waals surface area contributed by atoms with Gasteiger partial charge in [0, 0.05) is 17.5 Å². The van der Waals surface area contributed by atoms with Crippen LogP contribution < -0.4 is 10.5 Å². The third-order valence-corrected chi connectivity index (χ3v) is 3.20. The van der Waals surface area contributed by atoms with E-state index < -0.39 is 0 Å². The Morgan fingerprint density at radius 1 is 1.47 bits per heavy atom. The molecule has 0 fully saturated rings. The number of thiophene rings is 1. The lowest BCUT2D eigenvalue weighted by atomic mass is 10.2. The number of aromatic nitrogens is 1. The highest BCUT2D eigenvalue weighted by atomic mass is 32.1. The number of pyridine rings is 1. The van der Waals surface area contributed by atoms with Crippen molar-refractivity contribution in [1.29, 1.82) is 5.41 Å². The maximum absolute atomic E-state index is 7.42. The largest absolute Gasteiger partial charge is 0.491 e. The van der Waals surface area contributed by atoms with E-state index in [2.05, 4.69) is 11.1 Å². The van der Waals surface area contributed by atoms with Crippen molar-refractivity contribution in [2.24, 2.45) is 5.73 Å². The Bertz CT molecular complexity index is 496. The van der Waals surface area contributed by atoms with Crippen molar-refractivity contribution in [3.05, 3.63) is 46.4 Å². The smallest absolute Gasteiger partial charge is 0.148 e. The van der Waals surface area contributed by atoms with Crippen LogP contribution in [0.4, 0.5) is 0 Å². The Morgan fingerprint density at radius 3 is 3.06 bits per heavy atom. The van der Waals surface area contributed by atoms with Gasteiger partial charge in [-0.05, 0) is 17.5 Å². The van der Waals surface area contributed by atoms with Gasteiger partial charge < -0.3 is 10.5 Å². The first kappa shape index (κ1) is 11.6. The summed E-state index contributed by atoms with van der Waals surface area (Å²) in [5, 5.41) is 9.47. The number of rotatable bonds is 5. The summed E-state index contributed by atoms with van der Waals surface area (Å²) in [6.07, 6.45) is 4.04. The number of ether oxygens (including phenoxy) is 1. The predicted molar refractivity (Wildman–Crippen MR) is 68.8 cm³/mol. The van der Waals surface area contributed by atoms with E-state index in [1.54, 1.807) is 29.8 Å². The first-order chi connectivity index (χ1) is 8.27. The van der Waals surface area contributed by atoms with E-state index in [1.165, 1.54) is 4.88 Å². The highest BCUT2D eigenvalue weighted by molar-refractivity contribution is 7.09. The topological polar surface area (TPSA) is 72.0 Å². The Kier molecular flexibility index (Phi) is 3.72. The lowest BCUT2D eigenvalue weighted by Crippen LogP contribution is -2.14. The minimum atomic E-state index is -0.00137. The second-order valence-corrected chi connectivity index (χ2v) is 4.50. The lowest BCUT2D eigenvalue weighted by Gasteiger charge is -2.08. The Labute approximate surface area is 104 Å². The SMILES string of the molecule is N=C(N)c1ccncc1OCCc1cccs1. The summed E-state index contributed by atoms with van der Waals surface area (Å²) in [5.74, 6) is 0.565. The minimum Gasteiger partial charge on any atom is -0.491 e. The number of nitrogens with zero attached hydrogens (tertiary/aromatic N) is 1. The van der Waals surface area contributed by atoms with Gasteiger partial charge in [0.2, 0.25) is 0 Å². The molecule has 2 rings (SSSR count). The molecule has 0 spiro atoms. The summed E-state index contributed by atoms with van der Waals surface area (Å²) in [5.41, 5.74) is 6.05. The third kappa shape index (κ3) is 3.04. The second kappa shape index (κ2) is 5.45. The summed E-state index contributed by atoms with van der Waals surface area (Å²) >= 11 is 1.71. The summed E-state index contributed by atoms with van der Waals surface area (Å²) in [4.78, 5) is 5.24. The normalized spacial score (nSPS) is 10.1. The van der Waals surface area contributed by atoms with Crippen molar-refractivity contribution in [2.45, 2.75) is 6.42 Å². The van der Waals surface area contributed by atoms with E-state index in [0.717, 1.165) is 6.42 Å². The van der Waals surface area contributed by atoms with Crippen molar-refractivity contribution >= 4 is 17.2 Å². The van der Waals surface area contributed by atoms with E-state index in [9.17, 15) is 0 Å². The summed E-state index contributed by atoms with van der Waals surface area (Å²) in [7, 11) is 0. The molecule has 0 aromatic carbocycles. The van der Waals surface area contributed by atoms with Gasteiger partial charge in [0.05, 0.1) is 18.4 Å². The van der Waals surface area contributed by atoms with Crippen molar-refractivity contribution < 1.29 is 4.74 Å². The zero-order valence-electron chi connectivity index (χ0n) is 9.22. The molecule has 0 saturated carbocycles. The van der Waals surface area contributed by atoms with Crippen LogP contribution in [0.15, 0.2) is 36.0 Å². The molecule has 4 nitrogen and oxygen atoms in total. The highest BCUT2D eigenvalue weighted by Crippen LogP contribution is 2.16. The molecule has 0 amide bonds. The van der Waals surface area contributed by atoms with E-state index in [0.29, 0.717) is 17.9 Å². The maximum Gasteiger partial charge on any atom is 0.148 e. The molecule has 88 valence electrons. The Hall–Kier alpha value is -1.88. The van der Waals surface area contributed by atoms with Crippen LogP contribution in [0.1, 0.15) is 10.4 Å². The van der Waals surface area contributed by atoms with Crippen LogP contribution in [0.25, 0.3) is 0 Å². The maximum atomic E-state index is 7.42. The standard InChI is InChI=1S/C12H13N3OS/c13-12(14)10-3-5-15-8-11(10)16-6-4-9-2-1-7-17-9/h1-3,5,7-8H,4,6H2,(H3,13,14). The number of hydrogen-bond donors (Lipinski definition) is 2. The fourth-order valence-corrected chi connectivity index (χ4v) is 2.12. The summed E-state index contributed by atoms with van der Waals surface area (Å²) in [6, 6.07) is 5.77. The molecule has 17 heavy (non-hydrogen) atoms. The molecule has 2 aromatic heterocycles.